The van der Waals surface area contributed by atoms with Crippen molar-refractivity contribution in [1.82, 2.24) is 0 Å². The highest BCUT2D eigenvalue weighted by Crippen LogP contribution is 2.32. The maximum atomic E-state index is 9.41. The lowest BCUT2D eigenvalue weighted by Gasteiger charge is -2.25. The van der Waals surface area contributed by atoms with Crippen molar-refractivity contribution in [3.8, 4) is 6.07 Å². The molecule has 0 bridgehead atoms. The Morgan fingerprint density at radius 2 is 1.35 bits per heavy atom. The second-order valence-electron chi connectivity index (χ2n) is 5.73. The highest BCUT2D eigenvalue weighted by atomic mass is 14.4. The molecule has 0 saturated carbocycles. The van der Waals surface area contributed by atoms with E-state index in [-0.39, 0.29) is 10.8 Å². The van der Waals surface area contributed by atoms with Crippen LogP contribution >= 0.6 is 0 Å². The average molecular weight is 229 g/mol. The fraction of sp³-hybridized carbons (Fsp3) is 0.562. The molecule has 0 aliphatic rings. The third kappa shape index (κ3) is 2.69. The molecule has 1 aromatic carbocycles. The summed E-state index contributed by atoms with van der Waals surface area (Å²) in [7, 11) is 0. The maximum absolute atomic E-state index is 9.41. The summed E-state index contributed by atoms with van der Waals surface area (Å²) >= 11 is 0. The molecular weight excluding hydrogens is 206 g/mol. The predicted molar refractivity (Wildman–Crippen MR) is 73.0 cm³/mol. The lowest BCUT2D eigenvalue weighted by Crippen LogP contribution is -2.22. The quantitative estimate of drug-likeness (QED) is 0.745. The highest BCUT2D eigenvalue weighted by Gasteiger charge is 2.28. The minimum absolute atomic E-state index is 0.173. The Balaban J connectivity index is 3.15. The van der Waals surface area contributed by atoms with E-state index in [0.717, 1.165) is 18.4 Å². The summed E-state index contributed by atoms with van der Waals surface area (Å²) in [6, 6.07) is 11.1. The number of hydrogen-bond donors (Lipinski definition) is 0. The van der Waals surface area contributed by atoms with Gasteiger partial charge in [-0.05, 0) is 29.4 Å². The van der Waals surface area contributed by atoms with Crippen molar-refractivity contribution in [2.24, 2.45) is 0 Å². The molecule has 0 atom stereocenters. The second-order valence-corrected chi connectivity index (χ2v) is 5.73. The molecule has 92 valence electrons. The molecule has 1 heteroatoms. The summed E-state index contributed by atoms with van der Waals surface area (Å²) in [5, 5.41) is 9.41. The van der Waals surface area contributed by atoms with Gasteiger partial charge in [-0.2, -0.15) is 5.26 Å². The van der Waals surface area contributed by atoms with Crippen LogP contribution < -0.4 is 0 Å². The first kappa shape index (κ1) is 13.8. The van der Waals surface area contributed by atoms with Crippen LogP contribution in [0.1, 0.15) is 58.6 Å². The van der Waals surface area contributed by atoms with E-state index < -0.39 is 0 Å². The molecular formula is C16H23N. The smallest absolute Gasteiger partial charge is 0.0817 e. The van der Waals surface area contributed by atoms with Crippen LogP contribution in [-0.2, 0) is 10.8 Å². The summed E-state index contributed by atoms with van der Waals surface area (Å²) < 4.78 is 0. The fourth-order valence-corrected chi connectivity index (χ4v) is 2.17. The van der Waals surface area contributed by atoms with Gasteiger partial charge in [0.15, 0.2) is 0 Å². The van der Waals surface area contributed by atoms with Gasteiger partial charge in [0.1, 0.15) is 0 Å². The van der Waals surface area contributed by atoms with E-state index in [2.05, 4.69) is 65.0 Å². The van der Waals surface area contributed by atoms with Gasteiger partial charge < -0.3 is 0 Å². The summed E-state index contributed by atoms with van der Waals surface area (Å²) in [5.74, 6) is 0. The first-order valence-corrected chi connectivity index (χ1v) is 6.42. The number of nitrogens with zero attached hydrogens (tertiary/aromatic N) is 1. The van der Waals surface area contributed by atoms with Crippen molar-refractivity contribution in [2.45, 2.75) is 58.3 Å². The van der Waals surface area contributed by atoms with Crippen molar-refractivity contribution >= 4 is 0 Å². The number of benzene rings is 1. The van der Waals surface area contributed by atoms with Crippen molar-refractivity contribution < 1.29 is 0 Å². The predicted octanol–water partition coefficient (Wildman–Crippen LogP) is 4.57. The minimum Gasteiger partial charge on any atom is -0.197 e. The number of hydrogen-bond acceptors (Lipinski definition) is 1. The monoisotopic (exact) mass is 229 g/mol. The van der Waals surface area contributed by atoms with Crippen LogP contribution in [0.3, 0.4) is 0 Å². The molecule has 0 aliphatic carbocycles. The SMILES string of the molecule is CCC(C#N)(CC)c1ccc(C(C)(C)C)cc1. The van der Waals surface area contributed by atoms with E-state index >= 15 is 0 Å². The molecule has 0 aliphatic heterocycles. The molecule has 0 radical (unpaired) electrons. The summed E-state index contributed by atoms with van der Waals surface area (Å²) in [6.07, 6.45) is 1.74. The Labute approximate surface area is 105 Å². The molecule has 0 heterocycles. The van der Waals surface area contributed by atoms with E-state index in [1.54, 1.807) is 0 Å². The zero-order valence-electron chi connectivity index (χ0n) is 11.7. The first-order chi connectivity index (χ1) is 7.89. The van der Waals surface area contributed by atoms with Gasteiger partial charge in [0.2, 0.25) is 0 Å². The second kappa shape index (κ2) is 4.92. The van der Waals surface area contributed by atoms with Gasteiger partial charge in [0.25, 0.3) is 0 Å². The first-order valence-electron chi connectivity index (χ1n) is 6.42. The number of rotatable bonds is 3. The van der Waals surface area contributed by atoms with Gasteiger partial charge in [-0.1, -0.05) is 58.9 Å². The molecule has 0 unspecified atom stereocenters. The molecule has 1 rings (SSSR count). The van der Waals surface area contributed by atoms with E-state index in [1.165, 1.54) is 5.56 Å². The molecule has 1 nitrogen and oxygen atoms in total. The molecule has 0 spiro atoms. The topological polar surface area (TPSA) is 23.8 Å². The van der Waals surface area contributed by atoms with Gasteiger partial charge in [-0.3, -0.25) is 0 Å². The van der Waals surface area contributed by atoms with Crippen molar-refractivity contribution in [3.63, 3.8) is 0 Å². The molecule has 0 N–H and O–H groups in total. The van der Waals surface area contributed by atoms with Gasteiger partial charge in [0, 0.05) is 0 Å². The third-order valence-corrected chi connectivity index (χ3v) is 3.72. The summed E-state index contributed by atoms with van der Waals surface area (Å²) in [5.41, 5.74) is 2.33. The van der Waals surface area contributed by atoms with Gasteiger partial charge in [0.05, 0.1) is 11.5 Å². The Hall–Kier alpha value is -1.29. The van der Waals surface area contributed by atoms with E-state index in [9.17, 15) is 5.26 Å². The van der Waals surface area contributed by atoms with Crippen molar-refractivity contribution in [2.75, 3.05) is 0 Å². The fourth-order valence-electron chi connectivity index (χ4n) is 2.17. The zero-order chi connectivity index (χ0) is 13.1. The Morgan fingerprint density at radius 3 is 1.65 bits per heavy atom. The van der Waals surface area contributed by atoms with Crippen LogP contribution in [0, 0.1) is 11.3 Å². The van der Waals surface area contributed by atoms with Crippen molar-refractivity contribution in [3.05, 3.63) is 35.4 Å². The Bertz CT molecular complexity index is 397. The standard InChI is InChI=1S/C16H23N/c1-6-16(7-2,12-17)14-10-8-13(9-11-14)15(3,4)5/h8-11H,6-7H2,1-5H3. The lowest BCUT2D eigenvalue weighted by molar-refractivity contribution is 0.509. The Morgan fingerprint density at radius 1 is 0.941 bits per heavy atom. The van der Waals surface area contributed by atoms with Crippen molar-refractivity contribution in [1.29, 1.82) is 5.26 Å². The minimum atomic E-state index is -0.309. The average Bonchev–Trinajstić information content (AvgIpc) is 2.32. The van der Waals surface area contributed by atoms with Crippen LogP contribution in [-0.4, -0.2) is 0 Å². The van der Waals surface area contributed by atoms with Crippen LogP contribution in [0.4, 0.5) is 0 Å². The van der Waals surface area contributed by atoms with E-state index in [0.29, 0.717) is 0 Å². The molecule has 17 heavy (non-hydrogen) atoms. The van der Waals surface area contributed by atoms with Gasteiger partial charge in [-0.25, -0.2) is 0 Å². The van der Waals surface area contributed by atoms with E-state index in [4.69, 9.17) is 0 Å². The zero-order valence-corrected chi connectivity index (χ0v) is 11.7. The summed E-state index contributed by atoms with van der Waals surface area (Å²) in [6.45, 7) is 10.8. The van der Waals surface area contributed by atoms with Crippen LogP contribution in [0.15, 0.2) is 24.3 Å². The third-order valence-electron chi connectivity index (χ3n) is 3.72. The van der Waals surface area contributed by atoms with Gasteiger partial charge >= 0.3 is 0 Å². The Kier molecular flexibility index (Phi) is 3.98. The van der Waals surface area contributed by atoms with E-state index in [1.807, 2.05) is 0 Å². The van der Waals surface area contributed by atoms with Crippen LogP contribution in [0.5, 0.6) is 0 Å². The van der Waals surface area contributed by atoms with Crippen LogP contribution in [0.2, 0.25) is 0 Å². The molecule has 0 aromatic heterocycles. The maximum Gasteiger partial charge on any atom is 0.0817 e. The normalized spacial score (nSPS) is 12.2. The number of nitriles is 1. The van der Waals surface area contributed by atoms with Crippen LogP contribution in [0.25, 0.3) is 0 Å². The molecule has 0 amide bonds. The molecule has 0 saturated heterocycles. The largest absolute Gasteiger partial charge is 0.197 e. The highest BCUT2D eigenvalue weighted by molar-refractivity contribution is 5.36. The van der Waals surface area contributed by atoms with Gasteiger partial charge in [-0.15, -0.1) is 0 Å². The summed E-state index contributed by atoms with van der Waals surface area (Å²) in [4.78, 5) is 0. The lowest BCUT2D eigenvalue weighted by atomic mass is 9.76. The molecule has 1 aromatic rings. The molecule has 0 fully saturated rings.